The molecule has 1 aromatic heterocycles. The Balaban J connectivity index is 1.71. The number of aliphatic hydroxyl groups excluding tert-OH is 1. The van der Waals surface area contributed by atoms with Gasteiger partial charge < -0.3 is 18.7 Å². The number of aliphatic hydroxyl groups is 1. The third-order valence-electron chi connectivity index (χ3n) is 8.37. The third-order valence-corrected chi connectivity index (χ3v) is 12.9. The minimum Gasteiger partial charge on any atom is -0.493 e. The van der Waals surface area contributed by atoms with E-state index in [2.05, 4.69) is 78.0 Å². The van der Waals surface area contributed by atoms with Gasteiger partial charge in [-0.05, 0) is 79.6 Å². The molecule has 0 amide bonds. The van der Waals surface area contributed by atoms with Gasteiger partial charge in [-0.15, -0.1) is 0 Å². The predicted octanol–water partition coefficient (Wildman–Crippen LogP) is 9.57. The van der Waals surface area contributed by atoms with Gasteiger partial charge in [0, 0.05) is 36.1 Å². The normalized spacial score (nSPS) is 13.2. The van der Waals surface area contributed by atoms with E-state index in [1.54, 1.807) is 0 Å². The molecule has 0 aliphatic heterocycles. The summed E-state index contributed by atoms with van der Waals surface area (Å²) in [6, 6.07) is 15.1. The van der Waals surface area contributed by atoms with Crippen LogP contribution in [0.4, 0.5) is 0 Å². The molecule has 4 nitrogen and oxygen atoms in total. The molecule has 2 aromatic carbocycles. The van der Waals surface area contributed by atoms with E-state index in [0.717, 1.165) is 54.6 Å². The standard InChI is InChI=1S/C34H52O4Si/c1-8-10-11-14-26-16-19-31(28(9-2)21-26)33-22-29-17-18-30(23-32(29)38-33)36-24-27(15-12-13-20-35)25-37-39(6,7)34(3,4)5/h16-19,21-23,27,35H,8-15,20,24-25H2,1-7H3. The quantitative estimate of drug-likeness (QED) is 0.142. The number of fused-ring (bicyclic) bond motifs is 1. The molecule has 5 heteroatoms. The van der Waals surface area contributed by atoms with Crippen LogP contribution in [0.15, 0.2) is 46.9 Å². The van der Waals surface area contributed by atoms with Crippen molar-refractivity contribution in [1.82, 2.24) is 0 Å². The lowest BCUT2D eigenvalue weighted by atomic mass is 9.97. The molecule has 1 heterocycles. The summed E-state index contributed by atoms with van der Waals surface area (Å²) in [6.07, 6.45) is 8.68. The van der Waals surface area contributed by atoms with Crippen molar-refractivity contribution in [1.29, 1.82) is 0 Å². The van der Waals surface area contributed by atoms with Crippen molar-refractivity contribution >= 4 is 19.3 Å². The maximum absolute atomic E-state index is 9.26. The van der Waals surface area contributed by atoms with Gasteiger partial charge in [0.15, 0.2) is 8.32 Å². The second kappa shape index (κ2) is 14.5. The molecule has 1 atom stereocenters. The molecule has 0 fully saturated rings. The van der Waals surface area contributed by atoms with Crippen molar-refractivity contribution < 1.29 is 18.7 Å². The number of unbranched alkanes of at least 4 members (excludes halogenated alkanes) is 3. The highest BCUT2D eigenvalue weighted by atomic mass is 28.4. The number of hydrogen-bond acceptors (Lipinski definition) is 4. The highest BCUT2D eigenvalue weighted by Crippen LogP contribution is 2.37. The van der Waals surface area contributed by atoms with E-state index in [1.165, 1.54) is 36.0 Å². The van der Waals surface area contributed by atoms with E-state index in [-0.39, 0.29) is 17.6 Å². The van der Waals surface area contributed by atoms with E-state index < -0.39 is 8.32 Å². The summed E-state index contributed by atoms with van der Waals surface area (Å²) in [5, 5.41) is 10.5. The van der Waals surface area contributed by atoms with Gasteiger partial charge >= 0.3 is 0 Å². The van der Waals surface area contributed by atoms with Crippen LogP contribution in [0.2, 0.25) is 18.1 Å². The molecule has 0 spiro atoms. The van der Waals surface area contributed by atoms with Crippen LogP contribution in [-0.2, 0) is 17.3 Å². The van der Waals surface area contributed by atoms with Crippen LogP contribution in [-0.4, -0.2) is 33.2 Å². The fraction of sp³-hybridized carbons (Fsp3) is 0.588. The summed E-state index contributed by atoms with van der Waals surface area (Å²) in [5.41, 5.74) is 4.79. The van der Waals surface area contributed by atoms with Crippen molar-refractivity contribution in [2.75, 3.05) is 19.8 Å². The Morgan fingerprint density at radius 2 is 1.72 bits per heavy atom. The van der Waals surface area contributed by atoms with Gasteiger partial charge in [-0.2, -0.15) is 0 Å². The highest BCUT2D eigenvalue weighted by Gasteiger charge is 2.37. The van der Waals surface area contributed by atoms with Crippen LogP contribution in [0.1, 0.15) is 84.3 Å². The van der Waals surface area contributed by atoms with Crippen molar-refractivity contribution in [3.63, 3.8) is 0 Å². The summed E-state index contributed by atoms with van der Waals surface area (Å²) in [4.78, 5) is 0. The van der Waals surface area contributed by atoms with Crippen LogP contribution in [0, 0.1) is 5.92 Å². The predicted molar refractivity (Wildman–Crippen MR) is 167 cm³/mol. The summed E-state index contributed by atoms with van der Waals surface area (Å²) in [7, 11) is -1.83. The largest absolute Gasteiger partial charge is 0.493 e. The first-order chi connectivity index (χ1) is 18.6. The summed E-state index contributed by atoms with van der Waals surface area (Å²) >= 11 is 0. The van der Waals surface area contributed by atoms with Gasteiger partial charge in [0.1, 0.15) is 17.1 Å². The Labute approximate surface area is 238 Å². The van der Waals surface area contributed by atoms with Gasteiger partial charge in [0.05, 0.1) is 6.61 Å². The zero-order valence-corrected chi connectivity index (χ0v) is 26.6. The maximum atomic E-state index is 9.26. The number of ether oxygens (including phenoxy) is 1. The van der Waals surface area contributed by atoms with Gasteiger partial charge in [-0.3, -0.25) is 0 Å². The van der Waals surface area contributed by atoms with Gasteiger partial charge in [0.2, 0.25) is 0 Å². The molecule has 1 unspecified atom stereocenters. The molecule has 3 rings (SSSR count). The third kappa shape index (κ3) is 8.96. The maximum Gasteiger partial charge on any atom is 0.191 e. The Hall–Kier alpha value is -2.08. The Morgan fingerprint density at radius 1 is 0.923 bits per heavy atom. The molecule has 39 heavy (non-hydrogen) atoms. The zero-order chi connectivity index (χ0) is 28.5. The lowest BCUT2D eigenvalue weighted by Gasteiger charge is -2.37. The molecule has 0 radical (unpaired) electrons. The first kappa shape index (κ1) is 31.4. The number of rotatable bonds is 16. The molecule has 0 saturated heterocycles. The van der Waals surface area contributed by atoms with Crippen LogP contribution in [0.5, 0.6) is 5.75 Å². The minimum atomic E-state index is -1.83. The topological polar surface area (TPSA) is 51.8 Å². The van der Waals surface area contributed by atoms with Crippen molar-refractivity contribution in [3.8, 4) is 17.1 Å². The molecule has 0 bridgehead atoms. The number of aryl methyl sites for hydroxylation is 2. The van der Waals surface area contributed by atoms with Crippen LogP contribution in [0.3, 0.4) is 0 Å². The summed E-state index contributed by atoms with van der Waals surface area (Å²) in [5.74, 6) is 2.03. The highest BCUT2D eigenvalue weighted by molar-refractivity contribution is 6.74. The average molecular weight is 553 g/mol. The second-order valence-corrected chi connectivity index (χ2v) is 17.4. The van der Waals surface area contributed by atoms with E-state index >= 15 is 0 Å². The number of benzene rings is 2. The Bertz CT molecular complexity index is 1160. The SMILES string of the molecule is CCCCCc1ccc(-c2cc3ccc(OCC(CCCCO)CO[Si](C)(C)C(C)(C)C)cc3o2)c(CC)c1. The van der Waals surface area contributed by atoms with E-state index in [1.807, 2.05) is 12.1 Å². The Kier molecular flexibility index (Phi) is 11.7. The summed E-state index contributed by atoms with van der Waals surface area (Å²) in [6.45, 7) is 17.4. The van der Waals surface area contributed by atoms with Crippen molar-refractivity contribution in [2.45, 2.75) is 104 Å². The average Bonchev–Trinajstić information content (AvgIpc) is 3.32. The molecule has 1 N–H and O–H groups in total. The van der Waals surface area contributed by atoms with Crippen LogP contribution < -0.4 is 4.74 Å². The van der Waals surface area contributed by atoms with E-state index in [0.29, 0.717) is 13.2 Å². The number of hydrogen-bond donors (Lipinski definition) is 1. The monoisotopic (exact) mass is 552 g/mol. The molecule has 0 aliphatic carbocycles. The lowest BCUT2D eigenvalue weighted by Crippen LogP contribution is -2.42. The fourth-order valence-corrected chi connectivity index (χ4v) is 5.75. The molecular formula is C34H52O4Si. The molecule has 0 saturated carbocycles. The summed E-state index contributed by atoms with van der Waals surface area (Å²) < 4.78 is 19.2. The minimum absolute atomic E-state index is 0.179. The number of furan rings is 1. The van der Waals surface area contributed by atoms with E-state index in [9.17, 15) is 5.11 Å². The van der Waals surface area contributed by atoms with Crippen molar-refractivity contribution in [2.24, 2.45) is 5.92 Å². The smallest absolute Gasteiger partial charge is 0.191 e. The van der Waals surface area contributed by atoms with Crippen LogP contribution in [0.25, 0.3) is 22.3 Å². The fourth-order valence-electron chi connectivity index (χ4n) is 4.66. The first-order valence-electron chi connectivity index (χ1n) is 15.1. The Morgan fingerprint density at radius 3 is 2.41 bits per heavy atom. The zero-order valence-electron chi connectivity index (χ0n) is 25.6. The first-order valence-corrected chi connectivity index (χ1v) is 18.0. The molecule has 216 valence electrons. The van der Waals surface area contributed by atoms with Gasteiger partial charge in [-0.25, -0.2) is 0 Å². The molecule has 0 aliphatic rings. The van der Waals surface area contributed by atoms with Crippen molar-refractivity contribution in [3.05, 3.63) is 53.6 Å². The second-order valence-electron chi connectivity index (χ2n) is 12.6. The molecule has 3 aromatic rings. The van der Waals surface area contributed by atoms with Gasteiger partial charge in [0.25, 0.3) is 0 Å². The van der Waals surface area contributed by atoms with E-state index in [4.69, 9.17) is 13.6 Å². The van der Waals surface area contributed by atoms with Crippen LogP contribution >= 0.6 is 0 Å². The lowest BCUT2D eigenvalue weighted by molar-refractivity contribution is 0.155. The van der Waals surface area contributed by atoms with Gasteiger partial charge in [-0.1, -0.05) is 72.1 Å². The molecular weight excluding hydrogens is 500 g/mol.